The van der Waals surface area contributed by atoms with Gasteiger partial charge in [-0.05, 0) is 18.2 Å². The largest absolute Gasteiger partial charge is 0.485 e. The maximum Gasteiger partial charge on any atom is 0.192 e. The van der Waals surface area contributed by atoms with Crippen LogP contribution in [0, 0.1) is 0 Å². The number of carbonyl (C=O) groups excluding carboxylic acids is 1. The van der Waals surface area contributed by atoms with Gasteiger partial charge in [-0.3, -0.25) is 4.79 Å². The summed E-state index contributed by atoms with van der Waals surface area (Å²) >= 11 is 0. The van der Waals surface area contributed by atoms with Crippen LogP contribution in [-0.2, 0) is 0 Å². The van der Waals surface area contributed by atoms with Gasteiger partial charge >= 0.3 is 0 Å². The van der Waals surface area contributed by atoms with Gasteiger partial charge in [-0.15, -0.1) is 0 Å². The van der Waals surface area contributed by atoms with Gasteiger partial charge in [-0.2, -0.15) is 0 Å². The van der Waals surface area contributed by atoms with E-state index in [4.69, 9.17) is 9.47 Å². The number of benzene rings is 1. The Bertz CT molecular complexity index is 586. The molecule has 0 spiro atoms. The second-order valence-electron chi connectivity index (χ2n) is 3.82. The minimum absolute atomic E-state index is 0.333. The summed E-state index contributed by atoms with van der Waals surface area (Å²) in [5.74, 6) is 1.82. The number of carbonyl (C=O) groups is 1. The van der Waals surface area contributed by atoms with E-state index >= 15 is 0 Å². The second kappa shape index (κ2) is 4.44. The third-order valence-corrected chi connectivity index (χ3v) is 2.61. The smallest absolute Gasteiger partial charge is 0.192 e. The normalized spacial score (nSPS) is 17.2. The van der Waals surface area contributed by atoms with E-state index < -0.39 is 0 Å². The zero-order valence-corrected chi connectivity index (χ0v) is 9.45. The Morgan fingerprint density at radius 2 is 2.06 bits per heavy atom. The average Bonchev–Trinajstić information content (AvgIpc) is 2.47. The first-order valence-electron chi connectivity index (χ1n) is 5.53. The van der Waals surface area contributed by atoms with Gasteiger partial charge in [0.15, 0.2) is 29.7 Å². The SMILES string of the molecule is O=Cc1ccnc(C2COc3ccccc3O2)n1. The molecule has 0 radical (unpaired) electrons. The van der Waals surface area contributed by atoms with Crippen molar-refractivity contribution in [2.75, 3.05) is 6.61 Å². The van der Waals surface area contributed by atoms with Gasteiger partial charge in [0.1, 0.15) is 12.3 Å². The molecule has 0 amide bonds. The number of para-hydroxylation sites is 2. The minimum atomic E-state index is -0.389. The third-order valence-electron chi connectivity index (χ3n) is 2.61. The van der Waals surface area contributed by atoms with Gasteiger partial charge in [0.25, 0.3) is 0 Å². The zero-order valence-electron chi connectivity index (χ0n) is 9.45. The Labute approximate surface area is 103 Å². The molecule has 5 heteroatoms. The van der Waals surface area contributed by atoms with E-state index in [1.807, 2.05) is 24.3 Å². The van der Waals surface area contributed by atoms with Crippen molar-refractivity contribution in [2.24, 2.45) is 0 Å². The summed E-state index contributed by atoms with van der Waals surface area (Å²) in [5, 5.41) is 0. The van der Waals surface area contributed by atoms with Crippen LogP contribution in [-0.4, -0.2) is 22.9 Å². The van der Waals surface area contributed by atoms with Crippen LogP contribution in [0.3, 0.4) is 0 Å². The van der Waals surface area contributed by atoms with Crippen molar-refractivity contribution in [3.05, 3.63) is 48.0 Å². The fourth-order valence-corrected chi connectivity index (χ4v) is 1.76. The Morgan fingerprint density at radius 1 is 1.22 bits per heavy atom. The highest BCUT2D eigenvalue weighted by molar-refractivity contribution is 5.71. The number of rotatable bonds is 2. The first-order valence-corrected chi connectivity index (χ1v) is 5.53. The van der Waals surface area contributed by atoms with Crippen molar-refractivity contribution in [2.45, 2.75) is 6.10 Å². The highest BCUT2D eigenvalue weighted by atomic mass is 16.6. The Hall–Kier alpha value is -2.43. The summed E-state index contributed by atoms with van der Waals surface area (Å²) < 4.78 is 11.3. The summed E-state index contributed by atoms with van der Waals surface area (Å²) in [7, 11) is 0. The Kier molecular flexibility index (Phi) is 2.64. The van der Waals surface area contributed by atoms with Crippen molar-refractivity contribution in [3.8, 4) is 11.5 Å². The van der Waals surface area contributed by atoms with Gasteiger partial charge < -0.3 is 9.47 Å². The first kappa shape index (κ1) is 10.7. The number of hydrogen-bond acceptors (Lipinski definition) is 5. The van der Waals surface area contributed by atoms with Gasteiger partial charge in [0, 0.05) is 6.20 Å². The predicted molar refractivity (Wildman–Crippen MR) is 62.7 cm³/mol. The topological polar surface area (TPSA) is 61.3 Å². The molecule has 2 aromatic rings. The molecule has 1 aliphatic heterocycles. The molecule has 1 aromatic heterocycles. The molecule has 18 heavy (non-hydrogen) atoms. The molecule has 1 aromatic carbocycles. The molecular weight excluding hydrogens is 232 g/mol. The zero-order chi connectivity index (χ0) is 12.4. The predicted octanol–water partition coefficient (Wildman–Crippen LogP) is 1.80. The monoisotopic (exact) mass is 242 g/mol. The lowest BCUT2D eigenvalue weighted by atomic mass is 10.2. The fourth-order valence-electron chi connectivity index (χ4n) is 1.76. The van der Waals surface area contributed by atoms with Crippen molar-refractivity contribution in [1.82, 2.24) is 9.97 Å². The molecule has 1 unspecified atom stereocenters. The van der Waals surface area contributed by atoms with E-state index in [-0.39, 0.29) is 6.10 Å². The number of aldehydes is 1. The Balaban J connectivity index is 1.89. The lowest BCUT2D eigenvalue weighted by molar-refractivity contribution is 0.0847. The summed E-state index contributed by atoms with van der Waals surface area (Å²) in [5.41, 5.74) is 0.336. The highest BCUT2D eigenvalue weighted by Crippen LogP contribution is 2.34. The second-order valence-corrected chi connectivity index (χ2v) is 3.82. The summed E-state index contributed by atoms with van der Waals surface area (Å²) in [6.07, 6.45) is 1.83. The summed E-state index contributed by atoms with van der Waals surface area (Å²) in [6.45, 7) is 0.333. The maximum absolute atomic E-state index is 10.7. The molecule has 3 rings (SSSR count). The lowest BCUT2D eigenvalue weighted by Gasteiger charge is -2.25. The molecule has 2 heterocycles. The molecule has 0 bridgehead atoms. The number of fused-ring (bicyclic) bond motifs is 1. The van der Waals surface area contributed by atoms with E-state index in [1.54, 1.807) is 6.07 Å². The van der Waals surface area contributed by atoms with Crippen LogP contribution < -0.4 is 9.47 Å². The van der Waals surface area contributed by atoms with E-state index in [9.17, 15) is 4.79 Å². The van der Waals surface area contributed by atoms with Crippen LogP contribution in [0.1, 0.15) is 22.4 Å². The van der Waals surface area contributed by atoms with Crippen LogP contribution in [0.5, 0.6) is 11.5 Å². The molecule has 0 fully saturated rings. The lowest BCUT2D eigenvalue weighted by Crippen LogP contribution is -2.23. The molecule has 90 valence electrons. The van der Waals surface area contributed by atoms with Crippen molar-refractivity contribution in [3.63, 3.8) is 0 Å². The molecule has 5 nitrogen and oxygen atoms in total. The van der Waals surface area contributed by atoms with Crippen LogP contribution in [0.15, 0.2) is 36.5 Å². The van der Waals surface area contributed by atoms with Gasteiger partial charge in [-0.1, -0.05) is 12.1 Å². The van der Waals surface area contributed by atoms with Crippen LogP contribution in [0.4, 0.5) is 0 Å². The van der Waals surface area contributed by atoms with Crippen molar-refractivity contribution >= 4 is 6.29 Å². The standard InChI is InChI=1S/C13H10N2O3/c16-7-9-5-6-14-13(15-9)12-8-17-10-3-1-2-4-11(10)18-12/h1-7,12H,8H2. The van der Waals surface area contributed by atoms with Crippen molar-refractivity contribution in [1.29, 1.82) is 0 Å². The molecular formula is C13H10N2O3. The molecule has 0 N–H and O–H groups in total. The van der Waals surface area contributed by atoms with Crippen molar-refractivity contribution < 1.29 is 14.3 Å². The Morgan fingerprint density at radius 3 is 2.89 bits per heavy atom. The minimum Gasteiger partial charge on any atom is -0.485 e. The van der Waals surface area contributed by atoms with Gasteiger partial charge in [-0.25, -0.2) is 9.97 Å². The number of hydrogen-bond donors (Lipinski definition) is 0. The third kappa shape index (κ3) is 1.90. The molecule has 1 aliphatic rings. The van der Waals surface area contributed by atoms with E-state index in [2.05, 4.69) is 9.97 Å². The van der Waals surface area contributed by atoms with E-state index in [1.165, 1.54) is 6.20 Å². The quantitative estimate of drug-likeness (QED) is 0.751. The van der Waals surface area contributed by atoms with Gasteiger partial charge in [0.2, 0.25) is 0 Å². The van der Waals surface area contributed by atoms with Crippen LogP contribution >= 0.6 is 0 Å². The van der Waals surface area contributed by atoms with Gasteiger partial charge in [0.05, 0.1) is 0 Å². The number of aromatic nitrogens is 2. The summed E-state index contributed by atoms with van der Waals surface area (Å²) in [4.78, 5) is 18.9. The molecule has 1 atom stereocenters. The van der Waals surface area contributed by atoms with E-state index in [0.29, 0.717) is 35.9 Å². The maximum atomic E-state index is 10.7. The number of nitrogens with zero attached hydrogens (tertiary/aromatic N) is 2. The van der Waals surface area contributed by atoms with Crippen LogP contribution in [0.2, 0.25) is 0 Å². The van der Waals surface area contributed by atoms with Crippen LogP contribution in [0.25, 0.3) is 0 Å². The molecule has 0 aliphatic carbocycles. The summed E-state index contributed by atoms with van der Waals surface area (Å²) in [6, 6.07) is 8.97. The molecule has 0 saturated carbocycles. The number of ether oxygens (including phenoxy) is 2. The fraction of sp³-hybridized carbons (Fsp3) is 0.154. The van der Waals surface area contributed by atoms with E-state index in [0.717, 1.165) is 0 Å². The highest BCUT2D eigenvalue weighted by Gasteiger charge is 2.24. The molecule has 0 saturated heterocycles. The first-order chi connectivity index (χ1) is 8.86. The average molecular weight is 242 g/mol.